The van der Waals surface area contributed by atoms with Gasteiger partial charge in [0.2, 0.25) is 0 Å². The lowest BCUT2D eigenvalue weighted by Crippen LogP contribution is -2.23. The minimum absolute atomic E-state index is 0.314. The molecule has 1 aliphatic heterocycles. The quantitative estimate of drug-likeness (QED) is 0.715. The lowest BCUT2D eigenvalue weighted by molar-refractivity contribution is -0.0415. The van der Waals surface area contributed by atoms with Gasteiger partial charge in [-0.3, -0.25) is 0 Å². The van der Waals surface area contributed by atoms with Crippen LogP contribution >= 0.6 is 11.3 Å². The van der Waals surface area contributed by atoms with E-state index in [1.54, 1.807) is 0 Å². The SMILES string of the molecule is CNCCC(O)C(O)c1csc(C2OCCO2)c1. The average molecular weight is 273 g/mol. The third-order valence-electron chi connectivity index (χ3n) is 2.89. The largest absolute Gasteiger partial charge is 0.390 e. The molecule has 6 heteroatoms. The summed E-state index contributed by atoms with van der Waals surface area (Å²) >= 11 is 1.48. The van der Waals surface area contributed by atoms with Crippen molar-refractivity contribution in [1.82, 2.24) is 5.32 Å². The number of ether oxygens (including phenoxy) is 2. The van der Waals surface area contributed by atoms with Gasteiger partial charge in [-0.1, -0.05) is 0 Å². The summed E-state index contributed by atoms with van der Waals surface area (Å²) < 4.78 is 10.8. The second-order valence-corrected chi connectivity index (χ2v) is 5.20. The molecular formula is C12H19NO4S. The predicted molar refractivity (Wildman–Crippen MR) is 68.5 cm³/mol. The number of nitrogens with one attached hydrogen (secondary N) is 1. The molecule has 0 aromatic carbocycles. The molecule has 0 bridgehead atoms. The highest BCUT2D eigenvalue weighted by Crippen LogP contribution is 2.32. The molecule has 2 atom stereocenters. The molecule has 0 aliphatic carbocycles. The third kappa shape index (κ3) is 3.28. The lowest BCUT2D eigenvalue weighted by Gasteiger charge is -2.16. The van der Waals surface area contributed by atoms with Crippen LogP contribution in [0.4, 0.5) is 0 Å². The highest BCUT2D eigenvalue weighted by molar-refractivity contribution is 7.10. The average Bonchev–Trinajstić information content (AvgIpc) is 3.04. The first-order valence-corrected chi connectivity index (χ1v) is 6.92. The Kier molecular flexibility index (Phi) is 5.11. The van der Waals surface area contributed by atoms with Crippen molar-refractivity contribution < 1.29 is 19.7 Å². The van der Waals surface area contributed by atoms with Gasteiger partial charge < -0.3 is 25.0 Å². The standard InChI is InChI=1S/C12H19NO4S/c1-13-3-2-9(14)11(15)8-6-10(18-7-8)12-16-4-5-17-12/h6-7,9,11-15H,2-5H2,1H3. The van der Waals surface area contributed by atoms with E-state index in [2.05, 4.69) is 5.32 Å². The molecule has 0 spiro atoms. The Morgan fingerprint density at radius 1 is 1.44 bits per heavy atom. The second kappa shape index (κ2) is 6.60. The maximum atomic E-state index is 10.0. The molecule has 1 aromatic heterocycles. The molecule has 1 aromatic rings. The summed E-state index contributed by atoms with van der Waals surface area (Å²) in [7, 11) is 1.82. The first-order valence-electron chi connectivity index (χ1n) is 6.04. The van der Waals surface area contributed by atoms with Gasteiger partial charge in [0.15, 0.2) is 6.29 Å². The topological polar surface area (TPSA) is 71.0 Å². The second-order valence-electron chi connectivity index (χ2n) is 4.26. The van der Waals surface area contributed by atoms with Crippen LogP contribution in [0.5, 0.6) is 0 Å². The minimum Gasteiger partial charge on any atom is -0.390 e. The molecule has 3 N–H and O–H groups in total. The van der Waals surface area contributed by atoms with Gasteiger partial charge in [-0.05, 0) is 37.0 Å². The molecule has 2 rings (SSSR count). The smallest absolute Gasteiger partial charge is 0.193 e. The van der Waals surface area contributed by atoms with Crippen LogP contribution in [0, 0.1) is 0 Å². The van der Waals surface area contributed by atoms with Gasteiger partial charge in [0.05, 0.1) is 24.2 Å². The van der Waals surface area contributed by atoms with E-state index in [0.717, 1.165) is 10.4 Å². The molecule has 1 saturated heterocycles. The maximum Gasteiger partial charge on any atom is 0.193 e. The third-order valence-corrected chi connectivity index (χ3v) is 3.86. The van der Waals surface area contributed by atoms with Gasteiger partial charge in [-0.2, -0.15) is 0 Å². The van der Waals surface area contributed by atoms with Gasteiger partial charge in [-0.15, -0.1) is 11.3 Å². The zero-order valence-electron chi connectivity index (χ0n) is 10.3. The Bertz CT molecular complexity index is 365. The number of rotatable bonds is 6. The van der Waals surface area contributed by atoms with Crippen molar-refractivity contribution >= 4 is 11.3 Å². The monoisotopic (exact) mass is 273 g/mol. The van der Waals surface area contributed by atoms with E-state index in [9.17, 15) is 10.2 Å². The van der Waals surface area contributed by atoms with Crippen molar-refractivity contribution in [2.75, 3.05) is 26.8 Å². The van der Waals surface area contributed by atoms with E-state index in [1.807, 2.05) is 18.5 Å². The number of aliphatic hydroxyl groups excluding tert-OH is 2. The molecule has 0 amide bonds. The molecule has 102 valence electrons. The van der Waals surface area contributed by atoms with Crippen LogP contribution in [-0.4, -0.2) is 43.1 Å². The summed E-state index contributed by atoms with van der Waals surface area (Å²) in [5, 5.41) is 24.6. The van der Waals surface area contributed by atoms with E-state index in [0.29, 0.717) is 26.2 Å². The first kappa shape index (κ1) is 13.9. The van der Waals surface area contributed by atoms with Crippen LogP contribution in [0.25, 0.3) is 0 Å². The van der Waals surface area contributed by atoms with Crippen molar-refractivity contribution in [2.45, 2.75) is 24.9 Å². The van der Waals surface area contributed by atoms with Crippen LogP contribution in [0.2, 0.25) is 0 Å². The van der Waals surface area contributed by atoms with Crippen molar-refractivity contribution in [3.63, 3.8) is 0 Å². The number of hydrogen-bond donors (Lipinski definition) is 3. The molecule has 5 nitrogen and oxygen atoms in total. The van der Waals surface area contributed by atoms with Crippen LogP contribution in [0.15, 0.2) is 11.4 Å². The minimum atomic E-state index is -0.857. The van der Waals surface area contributed by atoms with E-state index in [-0.39, 0.29) is 6.29 Å². The summed E-state index contributed by atoms with van der Waals surface area (Å²) in [6.07, 6.45) is -1.42. The fourth-order valence-corrected chi connectivity index (χ4v) is 2.77. The molecule has 1 aliphatic rings. The van der Waals surface area contributed by atoms with Gasteiger partial charge in [0.25, 0.3) is 0 Å². The Morgan fingerprint density at radius 3 is 2.83 bits per heavy atom. The van der Waals surface area contributed by atoms with Gasteiger partial charge in [0.1, 0.15) is 6.10 Å². The number of aliphatic hydroxyl groups is 2. The number of thiophene rings is 1. The first-order chi connectivity index (χ1) is 8.72. The van der Waals surface area contributed by atoms with E-state index in [4.69, 9.17) is 9.47 Å². The Balaban J connectivity index is 1.95. The predicted octanol–water partition coefficient (Wildman–Crippen LogP) is 0.797. The van der Waals surface area contributed by atoms with Crippen LogP contribution in [0.3, 0.4) is 0 Å². The van der Waals surface area contributed by atoms with Crippen molar-refractivity contribution in [1.29, 1.82) is 0 Å². The van der Waals surface area contributed by atoms with Crippen LogP contribution < -0.4 is 5.32 Å². The van der Waals surface area contributed by atoms with Crippen molar-refractivity contribution in [3.8, 4) is 0 Å². The normalized spacial score (nSPS) is 20.2. The summed E-state index contributed by atoms with van der Waals surface area (Å²) in [4.78, 5) is 0.933. The molecular weight excluding hydrogens is 254 g/mol. The van der Waals surface area contributed by atoms with Gasteiger partial charge >= 0.3 is 0 Å². The molecule has 2 heterocycles. The Morgan fingerprint density at radius 2 is 2.17 bits per heavy atom. The zero-order valence-corrected chi connectivity index (χ0v) is 11.2. The molecule has 18 heavy (non-hydrogen) atoms. The Labute approximate surface area is 110 Å². The van der Waals surface area contributed by atoms with E-state index in [1.165, 1.54) is 11.3 Å². The Hall–Kier alpha value is -0.500. The molecule has 0 radical (unpaired) electrons. The molecule has 0 saturated carbocycles. The molecule has 2 unspecified atom stereocenters. The van der Waals surface area contributed by atoms with Gasteiger partial charge in [-0.25, -0.2) is 0 Å². The highest BCUT2D eigenvalue weighted by atomic mass is 32.1. The van der Waals surface area contributed by atoms with Crippen molar-refractivity contribution in [2.24, 2.45) is 0 Å². The summed E-state index contributed by atoms with van der Waals surface area (Å²) in [6, 6.07) is 1.84. The van der Waals surface area contributed by atoms with Gasteiger partial charge in [0, 0.05) is 0 Å². The zero-order chi connectivity index (χ0) is 13.0. The van der Waals surface area contributed by atoms with Crippen LogP contribution in [-0.2, 0) is 9.47 Å². The van der Waals surface area contributed by atoms with Crippen molar-refractivity contribution in [3.05, 3.63) is 21.9 Å². The maximum absolute atomic E-state index is 10.0. The van der Waals surface area contributed by atoms with Crippen LogP contribution in [0.1, 0.15) is 29.3 Å². The van der Waals surface area contributed by atoms with E-state index < -0.39 is 12.2 Å². The van der Waals surface area contributed by atoms with E-state index >= 15 is 0 Å². The summed E-state index contributed by atoms with van der Waals surface area (Å²) in [6.45, 7) is 1.88. The molecule has 1 fully saturated rings. The summed E-state index contributed by atoms with van der Waals surface area (Å²) in [5.41, 5.74) is 0.720. The highest BCUT2D eigenvalue weighted by Gasteiger charge is 2.24. The number of hydrogen-bond acceptors (Lipinski definition) is 6. The lowest BCUT2D eigenvalue weighted by atomic mass is 10.0. The fourth-order valence-electron chi connectivity index (χ4n) is 1.84. The summed E-state index contributed by atoms with van der Waals surface area (Å²) in [5.74, 6) is 0. The fraction of sp³-hybridized carbons (Fsp3) is 0.667.